The van der Waals surface area contributed by atoms with Crippen molar-refractivity contribution in [2.45, 2.75) is 37.6 Å². The molecule has 2 amide bonds. The maximum Gasteiger partial charge on any atom is 0.414 e. The standard InChI is InChI=1S/C25H25N5O5/c31-22(26-20-12-6-5-11-18(20)23(32)33)21-27-24(30-29-21)28-25(34)35-13-19-16-9-3-1-7-14(16)15-8-2-4-10-17(15)19/h1-4,7-10,18-20H,5-6,11-13H2,(H,26,31)(H,32,33)(H2,27,28,29,30,34). The van der Waals surface area contributed by atoms with Crippen molar-refractivity contribution in [2.75, 3.05) is 11.9 Å². The average molecular weight is 476 g/mol. The number of hydrogen-bond donors (Lipinski definition) is 4. The second-order valence-corrected chi connectivity index (χ2v) is 8.77. The number of hydrogen-bond acceptors (Lipinski definition) is 6. The van der Waals surface area contributed by atoms with Crippen LogP contribution in [-0.4, -0.2) is 50.9 Å². The molecule has 0 spiro atoms. The van der Waals surface area contributed by atoms with Gasteiger partial charge in [0.05, 0.1) is 5.92 Å². The maximum absolute atomic E-state index is 12.5. The number of amides is 2. The number of carbonyl (C=O) groups is 3. The van der Waals surface area contributed by atoms with Crippen LogP contribution in [0.3, 0.4) is 0 Å². The largest absolute Gasteiger partial charge is 0.481 e. The van der Waals surface area contributed by atoms with Crippen LogP contribution >= 0.6 is 0 Å². The van der Waals surface area contributed by atoms with Gasteiger partial charge in [0.1, 0.15) is 6.61 Å². The molecule has 4 N–H and O–H groups in total. The zero-order chi connectivity index (χ0) is 24.4. The highest BCUT2D eigenvalue weighted by atomic mass is 16.5. The van der Waals surface area contributed by atoms with Gasteiger partial charge in [-0.3, -0.25) is 20.0 Å². The fourth-order valence-electron chi connectivity index (χ4n) is 4.98. The van der Waals surface area contributed by atoms with Gasteiger partial charge in [-0.05, 0) is 35.1 Å². The Morgan fingerprint density at radius 2 is 1.66 bits per heavy atom. The summed E-state index contributed by atoms with van der Waals surface area (Å²) in [6.07, 6.45) is 2.03. The van der Waals surface area contributed by atoms with Crippen LogP contribution in [0.1, 0.15) is 53.3 Å². The van der Waals surface area contributed by atoms with Gasteiger partial charge in [0.25, 0.3) is 11.9 Å². The second kappa shape index (κ2) is 9.57. The molecule has 180 valence electrons. The van der Waals surface area contributed by atoms with E-state index in [2.05, 4.69) is 37.9 Å². The fourth-order valence-corrected chi connectivity index (χ4v) is 4.98. The molecule has 2 aromatic carbocycles. The highest BCUT2D eigenvalue weighted by molar-refractivity contribution is 5.92. The van der Waals surface area contributed by atoms with Gasteiger partial charge < -0.3 is 15.2 Å². The van der Waals surface area contributed by atoms with E-state index in [0.29, 0.717) is 12.8 Å². The lowest BCUT2D eigenvalue weighted by molar-refractivity contribution is -0.143. The first-order valence-corrected chi connectivity index (χ1v) is 11.6. The molecular formula is C25H25N5O5. The van der Waals surface area contributed by atoms with Crippen molar-refractivity contribution in [1.82, 2.24) is 20.5 Å². The maximum atomic E-state index is 12.5. The van der Waals surface area contributed by atoms with Crippen LogP contribution in [0.25, 0.3) is 11.1 Å². The van der Waals surface area contributed by atoms with Crippen LogP contribution in [0, 0.1) is 5.92 Å². The van der Waals surface area contributed by atoms with Gasteiger partial charge in [-0.1, -0.05) is 61.4 Å². The molecule has 0 bridgehead atoms. The summed E-state index contributed by atoms with van der Waals surface area (Å²) in [5.41, 5.74) is 4.45. The average Bonchev–Trinajstić information content (AvgIpc) is 3.46. The highest BCUT2D eigenvalue weighted by Gasteiger charge is 2.33. The molecule has 3 aromatic rings. The number of nitrogens with zero attached hydrogens (tertiary/aromatic N) is 2. The second-order valence-electron chi connectivity index (χ2n) is 8.77. The van der Waals surface area contributed by atoms with E-state index in [9.17, 15) is 19.5 Å². The van der Waals surface area contributed by atoms with Gasteiger partial charge in [-0.25, -0.2) is 4.79 Å². The molecule has 1 heterocycles. The van der Waals surface area contributed by atoms with Crippen LogP contribution in [0.4, 0.5) is 10.7 Å². The minimum Gasteiger partial charge on any atom is -0.481 e. The molecule has 2 unspecified atom stereocenters. The lowest BCUT2D eigenvalue weighted by Crippen LogP contribution is -2.45. The van der Waals surface area contributed by atoms with Crippen molar-refractivity contribution >= 4 is 23.9 Å². The summed E-state index contributed by atoms with van der Waals surface area (Å²) in [6, 6.07) is 15.6. The van der Waals surface area contributed by atoms with E-state index in [1.807, 2.05) is 36.4 Å². The molecule has 1 saturated carbocycles. The van der Waals surface area contributed by atoms with Crippen molar-refractivity contribution in [3.05, 3.63) is 65.5 Å². The lowest BCUT2D eigenvalue weighted by atomic mass is 9.84. The van der Waals surface area contributed by atoms with Crippen LogP contribution < -0.4 is 10.6 Å². The van der Waals surface area contributed by atoms with Crippen molar-refractivity contribution in [3.63, 3.8) is 0 Å². The van der Waals surface area contributed by atoms with Crippen LogP contribution in [0.2, 0.25) is 0 Å². The SMILES string of the molecule is O=C(Nc1n[nH]c(C(=O)NC2CCCCC2C(=O)O)n1)OCC1c2ccccc2-c2ccccc21. The summed E-state index contributed by atoms with van der Waals surface area (Å²) in [4.78, 5) is 40.4. The molecule has 1 fully saturated rings. The molecule has 0 radical (unpaired) electrons. The smallest absolute Gasteiger partial charge is 0.414 e. The third-order valence-electron chi connectivity index (χ3n) is 6.66. The van der Waals surface area contributed by atoms with Crippen LogP contribution in [0.5, 0.6) is 0 Å². The van der Waals surface area contributed by atoms with E-state index < -0.39 is 29.9 Å². The first-order valence-electron chi connectivity index (χ1n) is 11.6. The predicted molar refractivity (Wildman–Crippen MR) is 126 cm³/mol. The van der Waals surface area contributed by atoms with Gasteiger partial charge in [0.2, 0.25) is 5.82 Å². The zero-order valence-electron chi connectivity index (χ0n) is 18.9. The number of aliphatic carboxylic acids is 1. The summed E-state index contributed by atoms with van der Waals surface area (Å²) >= 11 is 0. The van der Waals surface area contributed by atoms with E-state index >= 15 is 0 Å². The quantitative estimate of drug-likeness (QED) is 0.426. The molecule has 0 saturated heterocycles. The van der Waals surface area contributed by atoms with E-state index in [4.69, 9.17) is 4.74 Å². The summed E-state index contributed by atoms with van der Waals surface area (Å²) in [5.74, 6) is -2.44. The van der Waals surface area contributed by atoms with Gasteiger partial charge in [-0.2, -0.15) is 4.98 Å². The van der Waals surface area contributed by atoms with E-state index in [0.717, 1.165) is 35.1 Å². The Balaban J connectivity index is 1.19. The Kier molecular flexibility index (Phi) is 6.17. The van der Waals surface area contributed by atoms with Crippen molar-refractivity contribution in [1.29, 1.82) is 0 Å². The number of aromatic nitrogens is 3. The van der Waals surface area contributed by atoms with E-state index in [-0.39, 0.29) is 24.3 Å². The zero-order valence-corrected chi connectivity index (χ0v) is 18.9. The molecule has 0 aliphatic heterocycles. The number of nitrogens with one attached hydrogen (secondary N) is 3. The van der Waals surface area contributed by atoms with Gasteiger partial charge >= 0.3 is 12.1 Å². The summed E-state index contributed by atoms with van der Waals surface area (Å²) in [7, 11) is 0. The van der Waals surface area contributed by atoms with Crippen molar-refractivity contribution in [3.8, 4) is 11.1 Å². The summed E-state index contributed by atoms with van der Waals surface area (Å²) in [6.45, 7) is 0.135. The lowest BCUT2D eigenvalue weighted by Gasteiger charge is -2.28. The molecule has 2 aliphatic carbocycles. The number of fused-ring (bicyclic) bond motifs is 3. The number of carbonyl (C=O) groups excluding carboxylic acids is 2. The Bertz CT molecular complexity index is 1230. The van der Waals surface area contributed by atoms with Gasteiger partial charge in [0.15, 0.2) is 0 Å². The number of carboxylic acids is 1. The molecular weight excluding hydrogens is 450 g/mol. The Morgan fingerprint density at radius 3 is 2.34 bits per heavy atom. The number of rotatable bonds is 6. The number of carboxylic acid groups (broad SMARTS) is 1. The highest BCUT2D eigenvalue weighted by Crippen LogP contribution is 2.44. The van der Waals surface area contributed by atoms with Gasteiger partial charge in [0, 0.05) is 12.0 Å². The molecule has 2 atom stereocenters. The minimum atomic E-state index is -0.926. The Morgan fingerprint density at radius 1 is 1.00 bits per heavy atom. The number of benzene rings is 2. The molecule has 35 heavy (non-hydrogen) atoms. The summed E-state index contributed by atoms with van der Waals surface area (Å²) in [5, 5.41) is 20.9. The molecule has 5 rings (SSSR count). The molecule has 2 aliphatic rings. The monoisotopic (exact) mass is 475 g/mol. The van der Waals surface area contributed by atoms with Crippen molar-refractivity contribution < 1.29 is 24.2 Å². The molecule has 10 heteroatoms. The van der Waals surface area contributed by atoms with Gasteiger partial charge in [-0.15, -0.1) is 5.10 Å². The number of H-pyrrole nitrogens is 1. The number of aromatic amines is 1. The minimum absolute atomic E-state index is 0.0840. The van der Waals surface area contributed by atoms with E-state index in [1.165, 1.54) is 0 Å². The fraction of sp³-hybridized carbons (Fsp3) is 0.320. The summed E-state index contributed by atoms with van der Waals surface area (Å²) < 4.78 is 5.47. The van der Waals surface area contributed by atoms with Crippen molar-refractivity contribution in [2.24, 2.45) is 5.92 Å². The Hall–Kier alpha value is -4.21. The first-order chi connectivity index (χ1) is 17.0. The number of ether oxygens (including phenoxy) is 1. The third kappa shape index (κ3) is 4.59. The van der Waals surface area contributed by atoms with Crippen LogP contribution in [-0.2, 0) is 9.53 Å². The topological polar surface area (TPSA) is 146 Å². The number of anilines is 1. The Labute approximate surface area is 201 Å². The normalized spacial score (nSPS) is 18.9. The third-order valence-corrected chi connectivity index (χ3v) is 6.66. The van der Waals surface area contributed by atoms with Crippen LogP contribution in [0.15, 0.2) is 48.5 Å². The molecule has 10 nitrogen and oxygen atoms in total. The van der Waals surface area contributed by atoms with E-state index in [1.54, 1.807) is 0 Å². The molecule has 1 aromatic heterocycles. The predicted octanol–water partition coefficient (Wildman–Crippen LogP) is 3.54. The first kappa shape index (κ1) is 22.6.